The van der Waals surface area contributed by atoms with E-state index >= 15 is 0 Å². The van der Waals surface area contributed by atoms with Gasteiger partial charge in [0.15, 0.2) is 0 Å². The molecule has 4 nitrogen and oxygen atoms in total. The molecule has 1 aromatic carbocycles. The zero-order valence-corrected chi connectivity index (χ0v) is 8.99. The number of carbonyl (C=O) groups excluding carboxylic acids is 1. The van der Waals surface area contributed by atoms with Crippen LogP contribution in [0.3, 0.4) is 0 Å². The SMILES string of the molecule is C=C(C)C(=O)OCc1nc2ccccc2[nH]1. The Hall–Kier alpha value is -2.10. The third kappa shape index (κ3) is 2.11. The zero-order chi connectivity index (χ0) is 11.5. The summed E-state index contributed by atoms with van der Waals surface area (Å²) in [5.74, 6) is 0.233. The molecule has 0 atom stereocenters. The van der Waals surface area contributed by atoms with Crippen molar-refractivity contribution in [3.63, 3.8) is 0 Å². The average Bonchev–Trinajstić information content (AvgIpc) is 2.68. The van der Waals surface area contributed by atoms with Crippen molar-refractivity contribution in [1.29, 1.82) is 0 Å². The van der Waals surface area contributed by atoms with Crippen LogP contribution >= 0.6 is 0 Å². The molecular weight excluding hydrogens is 204 g/mol. The van der Waals surface area contributed by atoms with Gasteiger partial charge >= 0.3 is 5.97 Å². The maximum atomic E-state index is 11.2. The van der Waals surface area contributed by atoms with Gasteiger partial charge in [-0.05, 0) is 19.1 Å². The van der Waals surface area contributed by atoms with Gasteiger partial charge in [0.05, 0.1) is 11.0 Å². The number of ether oxygens (including phenoxy) is 1. The first-order valence-electron chi connectivity index (χ1n) is 4.93. The molecule has 0 spiro atoms. The van der Waals surface area contributed by atoms with E-state index in [2.05, 4.69) is 16.5 Å². The molecule has 1 N–H and O–H groups in total. The quantitative estimate of drug-likeness (QED) is 0.632. The Morgan fingerprint density at radius 1 is 1.50 bits per heavy atom. The Morgan fingerprint density at radius 2 is 2.25 bits per heavy atom. The molecule has 0 saturated heterocycles. The standard InChI is InChI=1S/C12H12N2O2/c1-8(2)12(15)16-7-11-13-9-5-3-4-6-10(9)14-11/h3-6H,1,7H2,2H3,(H,13,14). The first kappa shape index (κ1) is 10.4. The summed E-state index contributed by atoms with van der Waals surface area (Å²) >= 11 is 0. The van der Waals surface area contributed by atoms with Crippen molar-refractivity contribution in [2.45, 2.75) is 13.5 Å². The molecule has 2 aromatic rings. The Balaban J connectivity index is 2.10. The van der Waals surface area contributed by atoms with Gasteiger partial charge in [-0.3, -0.25) is 0 Å². The minimum Gasteiger partial charge on any atom is -0.454 e. The normalized spacial score (nSPS) is 10.3. The van der Waals surface area contributed by atoms with Crippen LogP contribution in [0.4, 0.5) is 0 Å². The van der Waals surface area contributed by atoms with Crippen molar-refractivity contribution >= 4 is 17.0 Å². The van der Waals surface area contributed by atoms with Gasteiger partial charge in [0.25, 0.3) is 0 Å². The van der Waals surface area contributed by atoms with Crippen LogP contribution < -0.4 is 0 Å². The highest BCUT2D eigenvalue weighted by atomic mass is 16.5. The highest BCUT2D eigenvalue weighted by Crippen LogP contribution is 2.11. The van der Waals surface area contributed by atoms with Gasteiger partial charge in [0.2, 0.25) is 0 Å². The van der Waals surface area contributed by atoms with E-state index in [0.717, 1.165) is 11.0 Å². The van der Waals surface area contributed by atoms with Crippen molar-refractivity contribution < 1.29 is 9.53 Å². The predicted octanol–water partition coefficient (Wildman–Crippen LogP) is 2.18. The van der Waals surface area contributed by atoms with Crippen LogP contribution in [0.5, 0.6) is 0 Å². The van der Waals surface area contributed by atoms with Crippen LogP contribution in [0.15, 0.2) is 36.4 Å². The number of hydrogen-bond donors (Lipinski definition) is 1. The molecule has 82 valence electrons. The summed E-state index contributed by atoms with van der Waals surface area (Å²) in [6, 6.07) is 7.65. The van der Waals surface area contributed by atoms with Gasteiger partial charge in [-0.1, -0.05) is 18.7 Å². The summed E-state index contributed by atoms with van der Waals surface area (Å²) in [7, 11) is 0. The first-order chi connectivity index (χ1) is 7.66. The number of para-hydroxylation sites is 2. The van der Waals surface area contributed by atoms with Gasteiger partial charge in [-0.2, -0.15) is 0 Å². The Morgan fingerprint density at radius 3 is 2.94 bits per heavy atom. The second kappa shape index (κ2) is 4.18. The molecule has 0 bridgehead atoms. The van der Waals surface area contributed by atoms with E-state index in [1.165, 1.54) is 0 Å². The second-order valence-corrected chi connectivity index (χ2v) is 3.56. The lowest BCUT2D eigenvalue weighted by molar-refractivity contribution is -0.140. The van der Waals surface area contributed by atoms with Gasteiger partial charge in [-0.25, -0.2) is 9.78 Å². The number of hydrogen-bond acceptors (Lipinski definition) is 3. The van der Waals surface area contributed by atoms with Crippen molar-refractivity contribution in [3.05, 3.63) is 42.2 Å². The number of nitrogens with zero attached hydrogens (tertiary/aromatic N) is 1. The molecule has 0 aliphatic rings. The topological polar surface area (TPSA) is 55.0 Å². The molecule has 0 unspecified atom stereocenters. The number of aromatic nitrogens is 2. The zero-order valence-electron chi connectivity index (χ0n) is 8.99. The number of imidazole rings is 1. The van der Waals surface area contributed by atoms with Crippen LogP contribution in [-0.4, -0.2) is 15.9 Å². The average molecular weight is 216 g/mol. The fourth-order valence-electron chi connectivity index (χ4n) is 1.33. The minimum atomic E-state index is -0.402. The highest BCUT2D eigenvalue weighted by Gasteiger charge is 2.06. The molecule has 0 aliphatic heterocycles. The van der Waals surface area contributed by atoms with Crippen LogP contribution in [-0.2, 0) is 16.1 Å². The highest BCUT2D eigenvalue weighted by molar-refractivity contribution is 5.86. The largest absolute Gasteiger partial charge is 0.454 e. The lowest BCUT2D eigenvalue weighted by atomic mass is 10.3. The Labute approximate surface area is 93.0 Å². The summed E-state index contributed by atoms with van der Waals surface area (Å²) in [4.78, 5) is 18.5. The molecular formula is C12H12N2O2. The van der Waals surface area contributed by atoms with E-state index in [1.54, 1.807) is 6.92 Å². The fraction of sp³-hybridized carbons (Fsp3) is 0.167. The van der Waals surface area contributed by atoms with E-state index in [-0.39, 0.29) is 6.61 Å². The third-order valence-corrected chi connectivity index (χ3v) is 2.13. The molecule has 2 rings (SSSR count). The Kier molecular flexibility index (Phi) is 2.72. The second-order valence-electron chi connectivity index (χ2n) is 3.56. The van der Waals surface area contributed by atoms with Crippen LogP contribution in [0.25, 0.3) is 11.0 Å². The minimum absolute atomic E-state index is 0.139. The molecule has 1 heterocycles. The summed E-state index contributed by atoms with van der Waals surface area (Å²) in [6.07, 6.45) is 0. The summed E-state index contributed by atoms with van der Waals surface area (Å²) in [5, 5.41) is 0. The molecule has 1 aromatic heterocycles. The Bertz CT molecular complexity index is 510. The van der Waals surface area contributed by atoms with Crippen molar-refractivity contribution in [1.82, 2.24) is 9.97 Å². The monoisotopic (exact) mass is 216 g/mol. The van der Waals surface area contributed by atoms with E-state index < -0.39 is 5.97 Å². The van der Waals surface area contributed by atoms with Gasteiger partial charge < -0.3 is 9.72 Å². The van der Waals surface area contributed by atoms with Gasteiger partial charge in [0.1, 0.15) is 12.4 Å². The first-order valence-corrected chi connectivity index (χ1v) is 4.93. The number of fused-ring (bicyclic) bond motifs is 1. The van der Waals surface area contributed by atoms with Gasteiger partial charge in [0, 0.05) is 5.57 Å². The third-order valence-electron chi connectivity index (χ3n) is 2.13. The number of esters is 1. The molecule has 16 heavy (non-hydrogen) atoms. The lowest BCUT2D eigenvalue weighted by Gasteiger charge is -2.00. The number of carbonyl (C=O) groups is 1. The van der Waals surface area contributed by atoms with Crippen LogP contribution in [0.2, 0.25) is 0 Å². The van der Waals surface area contributed by atoms with Crippen molar-refractivity contribution in [2.24, 2.45) is 0 Å². The molecule has 0 saturated carbocycles. The lowest BCUT2D eigenvalue weighted by Crippen LogP contribution is -2.05. The van der Waals surface area contributed by atoms with Crippen molar-refractivity contribution in [3.8, 4) is 0 Å². The van der Waals surface area contributed by atoms with E-state index in [9.17, 15) is 4.79 Å². The van der Waals surface area contributed by atoms with Crippen molar-refractivity contribution in [2.75, 3.05) is 0 Å². The predicted molar refractivity (Wildman–Crippen MR) is 60.7 cm³/mol. The van der Waals surface area contributed by atoms with E-state index in [1.807, 2.05) is 24.3 Å². The molecule has 0 fully saturated rings. The molecule has 0 aliphatic carbocycles. The number of H-pyrrole nitrogens is 1. The number of benzene rings is 1. The van der Waals surface area contributed by atoms with E-state index in [0.29, 0.717) is 11.4 Å². The maximum absolute atomic E-state index is 11.2. The summed E-state index contributed by atoms with van der Waals surface area (Å²) in [6.45, 7) is 5.26. The number of rotatable bonds is 3. The molecule has 4 heteroatoms. The van der Waals surface area contributed by atoms with E-state index in [4.69, 9.17) is 4.74 Å². The maximum Gasteiger partial charge on any atom is 0.333 e. The number of aromatic amines is 1. The fourth-order valence-corrected chi connectivity index (χ4v) is 1.33. The molecule has 0 radical (unpaired) electrons. The summed E-state index contributed by atoms with van der Waals surface area (Å²) < 4.78 is 4.99. The van der Waals surface area contributed by atoms with Crippen LogP contribution in [0.1, 0.15) is 12.7 Å². The molecule has 0 amide bonds. The smallest absolute Gasteiger partial charge is 0.333 e. The summed E-state index contributed by atoms with van der Waals surface area (Å²) in [5.41, 5.74) is 2.18. The number of nitrogens with one attached hydrogen (secondary N) is 1. The van der Waals surface area contributed by atoms with Gasteiger partial charge in [-0.15, -0.1) is 0 Å². The van der Waals surface area contributed by atoms with Crippen LogP contribution in [0, 0.1) is 0 Å².